The van der Waals surface area contributed by atoms with Gasteiger partial charge in [0, 0.05) is 40.5 Å². The molecule has 5 rings (SSSR count). The molecule has 0 radical (unpaired) electrons. The fourth-order valence-electron chi connectivity index (χ4n) is 4.00. The molecule has 0 amide bonds. The van der Waals surface area contributed by atoms with Crippen molar-refractivity contribution in [3.05, 3.63) is 82.6 Å². The van der Waals surface area contributed by atoms with Gasteiger partial charge in [0.1, 0.15) is 5.75 Å². The molecule has 2 atom stereocenters. The van der Waals surface area contributed by atoms with Crippen LogP contribution in [0.15, 0.2) is 66.0 Å². The van der Waals surface area contributed by atoms with E-state index in [1.54, 1.807) is 30.6 Å². The van der Waals surface area contributed by atoms with Gasteiger partial charge in [0.05, 0.1) is 18.4 Å². The van der Waals surface area contributed by atoms with Gasteiger partial charge in [-0.25, -0.2) is 5.01 Å². The van der Waals surface area contributed by atoms with E-state index in [0.29, 0.717) is 29.4 Å². The molecular formula is C23H20ClN3O3. The lowest BCUT2D eigenvalue weighted by atomic mass is 9.95. The maximum Gasteiger partial charge on any atom is 0.215 e. The molecule has 2 aliphatic rings. The molecule has 3 aromatic rings. The molecular weight excluding hydrogens is 402 g/mol. The van der Waals surface area contributed by atoms with Crippen molar-refractivity contribution in [3.8, 4) is 17.2 Å². The van der Waals surface area contributed by atoms with Crippen LogP contribution in [0.1, 0.15) is 42.3 Å². The number of rotatable bonds is 4. The third-order valence-electron chi connectivity index (χ3n) is 5.32. The highest BCUT2D eigenvalue weighted by atomic mass is 35.5. The number of aromatic nitrogens is 1. The third-order valence-corrected chi connectivity index (χ3v) is 5.55. The average Bonchev–Trinajstić information content (AvgIpc) is 3.21. The number of phenols is 1. The number of ether oxygens (including phenoxy) is 2. The highest BCUT2D eigenvalue weighted by Crippen LogP contribution is 2.51. The molecule has 2 aliphatic heterocycles. The summed E-state index contributed by atoms with van der Waals surface area (Å²) in [6.07, 6.45) is 3.65. The number of aromatic hydroxyl groups is 1. The monoisotopic (exact) mass is 421 g/mol. The first-order valence-corrected chi connectivity index (χ1v) is 10.2. The quantitative estimate of drug-likeness (QED) is 0.636. The zero-order chi connectivity index (χ0) is 20.7. The Balaban J connectivity index is 1.63. The Labute approximate surface area is 179 Å². The summed E-state index contributed by atoms with van der Waals surface area (Å²) in [4.78, 5) is 4.25. The molecule has 30 heavy (non-hydrogen) atoms. The van der Waals surface area contributed by atoms with Crippen LogP contribution < -0.4 is 9.47 Å². The van der Waals surface area contributed by atoms with Crippen molar-refractivity contribution in [1.29, 1.82) is 0 Å². The number of hydrogen-bond acceptors (Lipinski definition) is 6. The second-order valence-electron chi connectivity index (χ2n) is 7.17. The lowest BCUT2D eigenvalue weighted by Gasteiger charge is -2.38. The molecule has 3 heterocycles. The van der Waals surface area contributed by atoms with Crippen LogP contribution in [0, 0.1) is 0 Å². The zero-order valence-electron chi connectivity index (χ0n) is 16.3. The molecule has 6 nitrogen and oxygen atoms in total. The number of benzene rings is 2. The lowest BCUT2D eigenvalue weighted by Crippen LogP contribution is -2.34. The fourth-order valence-corrected chi connectivity index (χ4v) is 4.17. The highest BCUT2D eigenvalue weighted by molar-refractivity contribution is 6.31. The van der Waals surface area contributed by atoms with Crippen molar-refractivity contribution in [2.45, 2.75) is 25.6 Å². The standard InChI is InChI=1S/C23H20ClN3O3/c1-2-29-21-7-3-6-16-19-12-18(17-11-15(24)8-9-20(17)28)26-27(19)23(30-22(16)21)14-5-4-10-25-13-14/h3-11,13,19,23,28H,2,12H2,1H3/t19-,23-/m0/s1. The molecule has 0 saturated heterocycles. The number of hydrazone groups is 1. The van der Waals surface area contributed by atoms with E-state index in [1.807, 2.05) is 42.3 Å². The van der Waals surface area contributed by atoms with Crippen LogP contribution in [-0.4, -0.2) is 27.4 Å². The second kappa shape index (κ2) is 7.54. The molecule has 152 valence electrons. The Morgan fingerprint density at radius 3 is 2.93 bits per heavy atom. The Kier molecular flexibility index (Phi) is 4.71. The number of hydrogen-bond donors (Lipinski definition) is 1. The minimum atomic E-state index is -0.461. The molecule has 0 bridgehead atoms. The van der Waals surface area contributed by atoms with Gasteiger partial charge in [0.25, 0.3) is 0 Å². The van der Waals surface area contributed by atoms with Gasteiger partial charge in [0.2, 0.25) is 6.23 Å². The van der Waals surface area contributed by atoms with Crippen LogP contribution in [0.25, 0.3) is 0 Å². The average molecular weight is 422 g/mol. The van der Waals surface area contributed by atoms with Crippen LogP contribution in [0.2, 0.25) is 5.02 Å². The molecule has 0 fully saturated rings. The van der Waals surface area contributed by atoms with Crippen molar-refractivity contribution < 1.29 is 14.6 Å². The summed E-state index contributed by atoms with van der Waals surface area (Å²) in [7, 11) is 0. The van der Waals surface area contributed by atoms with E-state index in [-0.39, 0.29) is 11.8 Å². The van der Waals surface area contributed by atoms with Crippen molar-refractivity contribution >= 4 is 17.3 Å². The van der Waals surface area contributed by atoms with Gasteiger partial charge in [-0.15, -0.1) is 0 Å². The molecule has 2 aromatic carbocycles. The van der Waals surface area contributed by atoms with E-state index in [1.165, 1.54) is 0 Å². The third kappa shape index (κ3) is 3.13. The van der Waals surface area contributed by atoms with E-state index in [0.717, 1.165) is 22.6 Å². The van der Waals surface area contributed by atoms with Crippen molar-refractivity contribution in [3.63, 3.8) is 0 Å². The van der Waals surface area contributed by atoms with E-state index in [9.17, 15) is 5.11 Å². The summed E-state index contributed by atoms with van der Waals surface area (Å²) in [5, 5.41) is 17.7. The van der Waals surface area contributed by atoms with Crippen molar-refractivity contribution in [2.24, 2.45) is 5.10 Å². The number of nitrogens with zero attached hydrogens (tertiary/aromatic N) is 3. The van der Waals surface area contributed by atoms with Gasteiger partial charge in [-0.3, -0.25) is 4.98 Å². The summed E-state index contributed by atoms with van der Waals surface area (Å²) >= 11 is 6.18. The smallest absolute Gasteiger partial charge is 0.215 e. The summed E-state index contributed by atoms with van der Waals surface area (Å²) < 4.78 is 12.2. The summed E-state index contributed by atoms with van der Waals surface area (Å²) in [5.74, 6) is 1.59. The van der Waals surface area contributed by atoms with E-state index in [4.69, 9.17) is 26.2 Å². The molecule has 1 aromatic heterocycles. The van der Waals surface area contributed by atoms with Crippen LogP contribution in [0.4, 0.5) is 0 Å². The molecule has 1 N–H and O–H groups in total. The first-order chi connectivity index (χ1) is 14.7. The zero-order valence-corrected chi connectivity index (χ0v) is 17.1. The Morgan fingerprint density at radius 1 is 1.23 bits per heavy atom. The van der Waals surface area contributed by atoms with Crippen LogP contribution in [-0.2, 0) is 0 Å². The number of pyridine rings is 1. The van der Waals surface area contributed by atoms with Gasteiger partial charge in [0.15, 0.2) is 11.5 Å². The Bertz CT molecular complexity index is 1120. The second-order valence-corrected chi connectivity index (χ2v) is 7.61. The Morgan fingerprint density at radius 2 is 2.13 bits per heavy atom. The maximum absolute atomic E-state index is 10.4. The molecule has 0 spiro atoms. The Hall–Kier alpha value is -3.25. The highest BCUT2D eigenvalue weighted by Gasteiger charge is 2.42. The largest absolute Gasteiger partial charge is 0.507 e. The first-order valence-electron chi connectivity index (χ1n) is 9.82. The van der Waals surface area contributed by atoms with E-state index >= 15 is 0 Å². The topological polar surface area (TPSA) is 67.2 Å². The minimum Gasteiger partial charge on any atom is -0.507 e. The SMILES string of the molecule is CCOc1cccc2c1O[C@@H](c1cccnc1)N1N=C(c3cc(Cl)ccc3O)C[C@@H]21. The first kappa shape index (κ1) is 18.8. The van der Waals surface area contributed by atoms with E-state index in [2.05, 4.69) is 4.98 Å². The summed E-state index contributed by atoms with van der Waals surface area (Å²) in [5.41, 5.74) is 3.28. The number of para-hydroxylation sites is 1. The number of fused-ring (bicyclic) bond motifs is 3. The fraction of sp³-hybridized carbons (Fsp3) is 0.217. The number of phenolic OH excluding ortho intramolecular Hbond substituents is 1. The predicted molar refractivity (Wildman–Crippen MR) is 114 cm³/mol. The van der Waals surface area contributed by atoms with Crippen LogP contribution >= 0.6 is 11.6 Å². The van der Waals surface area contributed by atoms with Crippen LogP contribution in [0.5, 0.6) is 17.2 Å². The van der Waals surface area contributed by atoms with Gasteiger partial charge in [-0.05, 0) is 37.3 Å². The van der Waals surface area contributed by atoms with Crippen LogP contribution in [0.3, 0.4) is 0 Å². The number of halogens is 1. The van der Waals surface area contributed by atoms with Gasteiger partial charge >= 0.3 is 0 Å². The molecule has 0 saturated carbocycles. The van der Waals surface area contributed by atoms with Crippen molar-refractivity contribution in [1.82, 2.24) is 9.99 Å². The predicted octanol–water partition coefficient (Wildman–Crippen LogP) is 5.08. The summed E-state index contributed by atoms with van der Waals surface area (Å²) in [6.45, 7) is 2.50. The summed E-state index contributed by atoms with van der Waals surface area (Å²) in [6, 6.07) is 14.7. The van der Waals surface area contributed by atoms with Crippen molar-refractivity contribution in [2.75, 3.05) is 6.61 Å². The van der Waals surface area contributed by atoms with Gasteiger partial charge in [-0.1, -0.05) is 29.8 Å². The normalized spacial score (nSPS) is 19.5. The lowest BCUT2D eigenvalue weighted by molar-refractivity contribution is -0.0214. The van der Waals surface area contributed by atoms with Gasteiger partial charge in [-0.2, -0.15) is 5.10 Å². The maximum atomic E-state index is 10.4. The molecule has 0 unspecified atom stereocenters. The van der Waals surface area contributed by atoms with Gasteiger partial charge < -0.3 is 14.6 Å². The molecule has 0 aliphatic carbocycles. The minimum absolute atomic E-state index is 0.0623. The van der Waals surface area contributed by atoms with E-state index < -0.39 is 6.23 Å². The molecule has 7 heteroatoms.